The average Bonchev–Trinajstić information content (AvgIpc) is 3.00. The first kappa shape index (κ1) is 19.0. The Balaban J connectivity index is 0.00000220. The first-order chi connectivity index (χ1) is 9.83. The molecule has 0 aromatic carbocycles. The molecule has 4 nitrogen and oxygen atoms in total. The number of rotatable bonds is 5. The molecule has 0 bridgehead atoms. The van der Waals surface area contributed by atoms with E-state index in [1.807, 2.05) is 11.6 Å². The average molecular weight is 440 g/mol. The second-order valence-electron chi connectivity index (χ2n) is 4.76. The molecule has 0 spiro atoms. The van der Waals surface area contributed by atoms with Gasteiger partial charge in [0.15, 0.2) is 5.96 Å². The summed E-state index contributed by atoms with van der Waals surface area (Å²) in [6.45, 7) is 8.36. The van der Waals surface area contributed by atoms with Gasteiger partial charge in [0.2, 0.25) is 0 Å². The van der Waals surface area contributed by atoms with Crippen molar-refractivity contribution in [2.45, 2.75) is 31.9 Å². The van der Waals surface area contributed by atoms with Crippen LogP contribution >= 0.6 is 47.1 Å². The van der Waals surface area contributed by atoms with Crippen LogP contribution < -0.4 is 5.32 Å². The Morgan fingerprint density at radius 2 is 2.38 bits per heavy atom. The van der Waals surface area contributed by atoms with Gasteiger partial charge in [0.05, 0.1) is 5.01 Å². The zero-order chi connectivity index (χ0) is 14.2. The lowest BCUT2D eigenvalue weighted by atomic mass is 10.3. The van der Waals surface area contributed by atoms with Gasteiger partial charge in [-0.05, 0) is 13.3 Å². The molecule has 1 unspecified atom stereocenters. The highest BCUT2D eigenvalue weighted by Crippen LogP contribution is 2.21. The van der Waals surface area contributed by atoms with Crippen LogP contribution in [0.15, 0.2) is 16.6 Å². The van der Waals surface area contributed by atoms with Crippen LogP contribution in [-0.4, -0.2) is 53.0 Å². The third-order valence-corrected chi connectivity index (χ3v) is 5.51. The van der Waals surface area contributed by atoms with E-state index in [0.717, 1.165) is 43.8 Å². The molecule has 1 aromatic heterocycles. The van der Waals surface area contributed by atoms with Gasteiger partial charge in [-0.2, -0.15) is 11.8 Å². The van der Waals surface area contributed by atoms with Gasteiger partial charge in [0, 0.05) is 55.2 Å². The molecule has 1 N–H and O–H groups in total. The van der Waals surface area contributed by atoms with Crippen molar-refractivity contribution < 1.29 is 0 Å². The number of hydrogen-bond acceptors (Lipinski definition) is 4. The van der Waals surface area contributed by atoms with Crippen LogP contribution in [0.1, 0.15) is 25.3 Å². The largest absolute Gasteiger partial charge is 0.357 e. The molecule has 1 aliphatic heterocycles. The molecule has 1 atom stereocenters. The second-order valence-corrected chi connectivity index (χ2v) is 7.15. The molecule has 1 fully saturated rings. The summed E-state index contributed by atoms with van der Waals surface area (Å²) in [7, 11) is 0. The van der Waals surface area contributed by atoms with Crippen molar-refractivity contribution in [3.63, 3.8) is 0 Å². The van der Waals surface area contributed by atoms with Crippen molar-refractivity contribution in [2.24, 2.45) is 4.99 Å². The normalized spacial score (nSPS) is 19.2. The molecule has 7 heteroatoms. The van der Waals surface area contributed by atoms with E-state index in [1.54, 1.807) is 11.3 Å². The molecule has 0 saturated carbocycles. The zero-order valence-electron chi connectivity index (χ0n) is 12.7. The highest BCUT2D eigenvalue weighted by atomic mass is 127. The van der Waals surface area contributed by atoms with E-state index >= 15 is 0 Å². The van der Waals surface area contributed by atoms with Gasteiger partial charge in [-0.25, -0.2) is 4.98 Å². The summed E-state index contributed by atoms with van der Waals surface area (Å²) in [4.78, 5) is 11.5. The van der Waals surface area contributed by atoms with Crippen LogP contribution in [0, 0.1) is 0 Å². The predicted molar refractivity (Wildman–Crippen MR) is 105 cm³/mol. The van der Waals surface area contributed by atoms with E-state index in [-0.39, 0.29) is 24.0 Å². The molecule has 0 amide bonds. The van der Waals surface area contributed by atoms with Crippen molar-refractivity contribution in [3.8, 4) is 0 Å². The topological polar surface area (TPSA) is 40.5 Å². The number of aliphatic imine (C=N–C) groups is 1. The Bertz CT molecular complexity index is 411. The fraction of sp³-hybridized carbons (Fsp3) is 0.714. The summed E-state index contributed by atoms with van der Waals surface area (Å²) in [6, 6.07) is 0. The SMILES string of the molecule is CCNC(=NCCc1nccs1)N1CCSC(CC)C1.I. The predicted octanol–water partition coefficient (Wildman–Crippen LogP) is 3.10. The van der Waals surface area contributed by atoms with E-state index in [9.17, 15) is 0 Å². The second kappa shape index (κ2) is 10.7. The van der Waals surface area contributed by atoms with E-state index < -0.39 is 0 Å². The molecule has 21 heavy (non-hydrogen) atoms. The van der Waals surface area contributed by atoms with Crippen LogP contribution in [0.4, 0.5) is 0 Å². The number of guanidine groups is 1. The number of nitrogens with zero attached hydrogens (tertiary/aromatic N) is 3. The number of thioether (sulfide) groups is 1. The van der Waals surface area contributed by atoms with E-state index in [4.69, 9.17) is 4.99 Å². The summed E-state index contributed by atoms with van der Waals surface area (Å²) in [5, 5.41) is 7.37. The van der Waals surface area contributed by atoms with Gasteiger partial charge in [-0.15, -0.1) is 35.3 Å². The monoisotopic (exact) mass is 440 g/mol. The number of thiazole rings is 1. The fourth-order valence-corrected chi connectivity index (χ4v) is 4.01. The van der Waals surface area contributed by atoms with Crippen LogP contribution in [0.2, 0.25) is 0 Å². The van der Waals surface area contributed by atoms with Crippen LogP contribution in [0.25, 0.3) is 0 Å². The molecule has 0 aliphatic carbocycles. The quantitative estimate of drug-likeness (QED) is 0.434. The number of halogens is 1. The molecule has 1 saturated heterocycles. The molecule has 0 radical (unpaired) electrons. The molecule has 1 aromatic rings. The minimum absolute atomic E-state index is 0. The zero-order valence-corrected chi connectivity index (χ0v) is 16.7. The van der Waals surface area contributed by atoms with Crippen molar-refractivity contribution in [2.75, 3.05) is 31.9 Å². The Morgan fingerprint density at radius 1 is 1.52 bits per heavy atom. The maximum atomic E-state index is 4.77. The summed E-state index contributed by atoms with van der Waals surface area (Å²) < 4.78 is 0. The third-order valence-electron chi connectivity index (χ3n) is 3.30. The maximum absolute atomic E-state index is 4.77. The Morgan fingerprint density at radius 3 is 3.05 bits per heavy atom. The highest BCUT2D eigenvalue weighted by Gasteiger charge is 2.21. The molecule has 2 rings (SSSR count). The number of hydrogen-bond donors (Lipinski definition) is 1. The van der Waals surface area contributed by atoms with Gasteiger partial charge in [0.25, 0.3) is 0 Å². The van der Waals surface area contributed by atoms with Crippen LogP contribution in [-0.2, 0) is 6.42 Å². The van der Waals surface area contributed by atoms with E-state index in [0.29, 0.717) is 0 Å². The lowest BCUT2D eigenvalue weighted by Crippen LogP contribution is -2.48. The van der Waals surface area contributed by atoms with Crippen molar-refractivity contribution in [3.05, 3.63) is 16.6 Å². The Labute approximate surface area is 153 Å². The standard InChI is InChI=1S/C14H24N4S2.HI/c1-3-12-11-18(8-10-19-12)14(15-4-2)17-6-5-13-16-7-9-20-13;/h7,9,12H,3-6,8,10-11H2,1-2H3,(H,15,17);1H. The smallest absolute Gasteiger partial charge is 0.193 e. The molecule has 2 heterocycles. The van der Waals surface area contributed by atoms with Crippen molar-refractivity contribution in [1.82, 2.24) is 15.2 Å². The summed E-state index contributed by atoms with van der Waals surface area (Å²) in [6.07, 6.45) is 4.04. The van der Waals surface area contributed by atoms with Gasteiger partial charge in [-0.1, -0.05) is 6.92 Å². The van der Waals surface area contributed by atoms with Crippen LogP contribution in [0.3, 0.4) is 0 Å². The third kappa shape index (κ3) is 6.32. The highest BCUT2D eigenvalue weighted by molar-refractivity contribution is 14.0. The first-order valence-electron chi connectivity index (χ1n) is 7.36. The van der Waals surface area contributed by atoms with Crippen molar-refractivity contribution >= 4 is 53.0 Å². The van der Waals surface area contributed by atoms with E-state index in [1.165, 1.54) is 17.2 Å². The Hall–Kier alpha value is -0.0200. The van der Waals surface area contributed by atoms with E-state index in [2.05, 4.69) is 40.8 Å². The van der Waals surface area contributed by atoms with Gasteiger partial charge in [-0.3, -0.25) is 4.99 Å². The minimum Gasteiger partial charge on any atom is -0.357 e. The van der Waals surface area contributed by atoms with Crippen molar-refractivity contribution in [1.29, 1.82) is 0 Å². The number of aromatic nitrogens is 1. The molecule has 1 aliphatic rings. The Kier molecular flexibility index (Phi) is 9.66. The fourth-order valence-electron chi connectivity index (χ4n) is 2.22. The summed E-state index contributed by atoms with van der Waals surface area (Å²) in [5.74, 6) is 2.28. The van der Waals surface area contributed by atoms with Crippen LogP contribution in [0.5, 0.6) is 0 Å². The molecule has 120 valence electrons. The lowest BCUT2D eigenvalue weighted by molar-refractivity contribution is 0.408. The van der Waals surface area contributed by atoms with Gasteiger partial charge in [0.1, 0.15) is 0 Å². The van der Waals surface area contributed by atoms with Gasteiger partial charge < -0.3 is 10.2 Å². The summed E-state index contributed by atoms with van der Waals surface area (Å²) in [5.41, 5.74) is 0. The lowest BCUT2D eigenvalue weighted by Gasteiger charge is -2.34. The molecular formula is C14H25IN4S2. The molecular weight excluding hydrogens is 415 g/mol. The first-order valence-corrected chi connectivity index (χ1v) is 9.29. The maximum Gasteiger partial charge on any atom is 0.193 e. The minimum atomic E-state index is 0. The number of nitrogens with one attached hydrogen (secondary N) is 1. The summed E-state index contributed by atoms with van der Waals surface area (Å²) >= 11 is 3.80. The van der Waals surface area contributed by atoms with Gasteiger partial charge >= 0.3 is 0 Å².